The molecule has 140 valence electrons. The van der Waals surface area contributed by atoms with Crippen LogP contribution in [0.25, 0.3) is 0 Å². The van der Waals surface area contributed by atoms with Crippen molar-refractivity contribution in [2.75, 3.05) is 31.6 Å². The van der Waals surface area contributed by atoms with Gasteiger partial charge in [0.25, 0.3) is 5.69 Å². The molecule has 2 rings (SSSR count). The Morgan fingerprint density at radius 2 is 1.88 bits per heavy atom. The number of sulfonamides is 1. The van der Waals surface area contributed by atoms with Crippen molar-refractivity contribution in [2.45, 2.75) is 43.6 Å². The molecule has 0 amide bonds. The van der Waals surface area contributed by atoms with Crippen molar-refractivity contribution in [3.8, 4) is 0 Å². The smallest absolute Gasteiger partial charge is 0.293 e. The van der Waals surface area contributed by atoms with Gasteiger partial charge in [-0.1, -0.05) is 6.42 Å². The van der Waals surface area contributed by atoms with E-state index in [0.29, 0.717) is 13.1 Å². The first-order valence-electron chi connectivity index (χ1n) is 8.24. The molecule has 0 bridgehead atoms. The van der Waals surface area contributed by atoms with E-state index >= 15 is 0 Å². The van der Waals surface area contributed by atoms with Crippen LogP contribution in [0.2, 0.25) is 0 Å². The van der Waals surface area contributed by atoms with Crippen molar-refractivity contribution < 1.29 is 18.4 Å². The van der Waals surface area contributed by atoms with Crippen molar-refractivity contribution in [3.05, 3.63) is 28.3 Å². The zero-order valence-corrected chi connectivity index (χ0v) is 15.6. The second-order valence-corrected chi connectivity index (χ2v) is 8.98. The molecule has 0 aliphatic carbocycles. The zero-order valence-electron chi connectivity index (χ0n) is 14.8. The summed E-state index contributed by atoms with van der Waals surface area (Å²) >= 11 is 0. The van der Waals surface area contributed by atoms with Crippen LogP contribution in [-0.4, -0.2) is 55.0 Å². The van der Waals surface area contributed by atoms with Gasteiger partial charge >= 0.3 is 0 Å². The summed E-state index contributed by atoms with van der Waals surface area (Å²) in [5.41, 5.74) is -1.06. The third kappa shape index (κ3) is 4.68. The molecule has 25 heavy (non-hydrogen) atoms. The van der Waals surface area contributed by atoms with Gasteiger partial charge in [0.1, 0.15) is 5.69 Å². The first kappa shape index (κ1) is 19.6. The van der Waals surface area contributed by atoms with Crippen molar-refractivity contribution in [3.63, 3.8) is 0 Å². The van der Waals surface area contributed by atoms with E-state index in [1.54, 1.807) is 25.8 Å². The van der Waals surface area contributed by atoms with Gasteiger partial charge in [-0.25, -0.2) is 8.42 Å². The van der Waals surface area contributed by atoms with Gasteiger partial charge in [0.05, 0.1) is 15.4 Å². The van der Waals surface area contributed by atoms with Crippen LogP contribution < -0.4 is 4.90 Å². The number of anilines is 1. The first-order valence-corrected chi connectivity index (χ1v) is 9.68. The third-order valence-corrected chi connectivity index (χ3v) is 6.03. The minimum absolute atomic E-state index is 0.0680. The van der Waals surface area contributed by atoms with E-state index in [-0.39, 0.29) is 22.8 Å². The lowest BCUT2D eigenvalue weighted by molar-refractivity contribution is -0.384. The predicted octanol–water partition coefficient (Wildman–Crippen LogP) is 1.98. The van der Waals surface area contributed by atoms with Gasteiger partial charge in [0, 0.05) is 32.7 Å². The molecule has 0 spiro atoms. The second kappa shape index (κ2) is 7.27. The SMILES string of the molecule is CN(CC(C)(C)O)c1ccc(S(=O)(=O)N2CCCCC2)cc1[N+](=O)[O-]. The Bertz CT molecular complexity index is 737. The molecule has 0 saturated carbocycles. The molecule has 8 nitrogen and oxygen atoms in total. The van der Waals surface area contributed by atoms with Crippen molar-refractivity contribution >= 4 is 21.4 Å². The summed E-state index contributed by atoms with van der Waals surface area (Å²) < 4.78 is 26.8. The largest absolute Gasteiger partial charge is 0.389 e. The molecule has 0 radical (unpaired) electrons. The normalized spacial score (nSPS) is 16.6. The fraction of sp³-hybridized carbons (Fsp3) is 0.625. The highest BCUT2D eigenvalue weighted by Crippen LogP contribution is 2.32. The minimum Gasteiger partial charge on any atom is -0.389 e. The molecular formula is C16H25N3O5S. The number of rotatable bonds is 6. The van der Waals surface area contributed by atoms with E-state index in [4.69, 9.17) is 0 Å². The van der Waals surface area contributed by atoms with Gasteiger partial charge < -0.3 is 10.0 Å². The van der Waals surface area contributed by atoms with Gasteiger partial charge in [0.15, 0.2) is 0 Å². The lowest BCUT2D eigenvalue weighted by Gasteiger charge is -2.28. The van der Waals surface area contributed by atoms with Crippen molar-refractivity contribution in [1.29, 1.82) is 0 Å². The van der Waals surface area contributed by atoms with Crippen LogP contribution >= 0.6 is 0 Å². The molecule has 1 aliphatic rings. The van der Waals surface area contributed by atoms with Crippen LogP contribution in [-0.2, 0) is 10.0 Å². The quantitative estimate of drug-likeness (QED) is 0.606. The standard InChI is InChI=1S/C16H25N3O5S/c1-16(2,20)12-17(3)14-8-7-13(11-15(14)19(21)22)25(23,24)18-9-5-4-6-10-18/h7-8,11,20H,4-6,9-10,12H2,1-3H3. The number of benzene rings is 1. The van der Waals surface area contributed by atoms with E-state index in [1.165, 1.54) is 16.4 Å². The Kier molecular flexibility index (Phi) is 5.70. The molecule has 0 unspecified atom stereocenters. The van der Waals surface area contributed by atoms with E-state index in [0.717, 1.165) is 25.3 Å². The summed E-state index contributed by atoms with van der Waals surface area (Å²) in [4.78, 5) is 12.3. The fourth-order valence-electron chi connectivity index (χ4n) is 3.05. The van der Waals surface area contributed by atoms with E-state index in [9.17, 15) is 23.6 Å². The lowest BCUT2D eigenvalue weighted by Crippen LogP contribution is -2.37. The number of nitro groups is 1. The predicted molar refractivity (Wildman–Crippen MR) is 95.3 cm³/mol. The maximum atomic E-state index is 12.7. The van der Waals surface area contributed by atoms with Crippen molar-refractivity contribution in [1.82, 2.24) is 4.31 Å². The number of piperidine rings is 1. The van der Waals surface area contributed by atoms with Gasteiger partial charge in [0.2, 0.25) is 10.0 Å². The fourth-order valence-corrected chi connectivity index (χ4v) is 4.59. The monoisotopic (exact) mass is 371 g/mol. The number of likely N-dealkylation sites (N-methyl/N-ethyl adjacent to an activating group) is 1. The van der Waals surface area contributed by atoms with Gasteiger partial charge in [-0.3, -0.25) is 10.1 Å². The van der Waals surface area contributed by atoms with E-state index in [1.807, 2.05) is 0 Å². The summed E-state index contributed by atoms with van der Waals surface area (Å²) in [7, 11) is -2.11. The number of nitrogens with zero attached hydrogens (tertiary/aromatic N) is 3. The molecule has 1 heterocycles. The van der Waals surface area contributed by atoms with Crippen molar-refractivity contribution in [2.24, 2.45) is 0 Å². The summed E-state index contributed by atoms with van der Waals surface area (Å²) in [6.07, 6.45) is 2.59. The first-order chi connectivity index (χ1) is 11.5. The summed E-state index contributed by atoms with van der Waals surface area (Å²) in [6.45, 7) is 4.26. The number of hydrogen-bond acceptors (Lipinski definition) is 6. The highest BCUT2D eigenvalue weighted by atomic mass is 32.2. The Hall–Kier alpha value is -1.71. The average molecular weight is 371 g/mol. The van der Waals surface area contributed by atoms with E-state index in [2.05, 4.69) is 0 Å². The summed E-state index contributed by atoms with van der Waals surface area (Å²) in [5, 5.41) is 21.4. The third-order valence-electron chi connectivity index (χ3n) is 4.13. The summed E-state index contributed by atoms with van der Waals surface area (Å²) in [5.74, 6) is 0. The molecule has 9 heteroatoms. The Morgan fingerprint density at radius 1 is 1.28 bits per heavy atom. The maximum absolute atomic E-state index is 12.7. The van der Waals surface area contributed by atoms with Gasteiger partial charge in [-0.2, -0.15) is 4.31 Å². The van der Waals surface area contributed by atoms with E-state index < -0.39 is 20.5 Å². The van der Waals surface area contributed by atoms with Crippen LogP contribution in [0, 0.1) is 10.1 Å². The highest BCUT2D eigenvalue weighted by Gasteiger charge is 2.30. The van der Waals surface area contributed by atoms with Crippen LogP contribution in [0.3, 0.4) is 0 Å². The molecule has 1 N–H and O–H groups in total. The molecule has 0 aromatic heterocycles. The van der Waals surface area contributed by atoms with Gasteiger partial charge in [-0.05, 0) is 38.8 Å². The zero-order chi connectivity index (χ0) is 18.8. The van der Waals surface area contributed by atoms with Gasteiger partial charge in [-0.15, -0.1) is 0 Å². The molecule has 1 aliphatic heterocycles. The molecule has 1 aromatic rings. The molecule has 1 aromatic carbocycles. The number of aliphatic hydroxyl groups is 1. The van der Waals surface area contributed by atoms with Crippen LogP contribution in [0.5, 0.6) is 0 Å². The topological polar surface area (TPSA) is 104 Å². The van der Waals surface area contributed by atoms with Crippen LogP contribution in [0.1, 0.15) is 33.1 Å². The summed E-state index contributed by atoms with van der Waals surface area (Å²) in [6, 6.07) is 3.94. The van der Waals surface area contributed by atoms with Crippen LogP contribution in [0.15, 0.2) is 23.1 Å². The minimum atomic E-state index is -3.73. The lowest BCUT2D eigenvalue weighted by atomic mass is 10.1. The highest BCUT2D eigenvalue weighted by molar-refractivity contribution is 7.89. The Morgan fingerprint density at radius 3 is 2.40 bits per heavy atom. The molecule has 0 atom stereocenters. The molecule has 1 fully saturated rings. The second-order valence-electron chi connectivity index (χ2n) is 7.04. The van der Waals surface area contributed by atoms with Crippen LogP contribution in [0.4, 0.5) is 11.4 Å². The average Bonchev–Trinajstić information content (AvgIpc) is 2.53. The molecule has 1 saturated heterocycles. The number of nitro benzene ring substituents is 1. The molecular weight excluding hydrogens is 346 g/mol. The Balaban J connectivity index is 2.40. The maximum Gasteiger partial charge on any atom is 0.293 e. The number of hydrogen-bond donors (Lipinski definition) is 1. The Labute approximate surface area is 148 Å².